The van der Waals surface area contributed by atoms with Gasteiger partial charge in [0.05, 0.1) is 19.8 Å². The number of allylic oxidation sites excluding steroid dienone is 1. The first-order chi connectivity index (χ1) is 12.7. The summed E-state index contributed by atoms with van der Waals surface area (Å²) in [5, 5.41) is 0. The Balaban J connectivity index is 2.04. The highest BCUT2D eigenvalue weighted by molar-refractivity contribution is 6.13. The van der Waals surface area contributed by atoms with Crippen molar-refractivity contribution < 1.29 is 32.2 Å². The molecule has 1 atom stereocenters. The van der Waals surface area contributed by atoms with Crippen LogP contribution in [-0.2, 0) is 9.53 Å². The summed E-state index contributed by atoms with van der Waals surface area (Å²) in [6, 6.07) is 6.67. The summed E-state index contributed by atoms with van der Waals surface area (Å²) in [4.78, 5) is 25.7. The van der Waals surface area contributed by atoms with Crippen molar-refractivity contribution in [3.8, 4) is 5.75 Å². The van der Waals surface area contributed by atoms with Crippen molar-refractivity contribution in [1.82, 2.24) is 4.90 Å². The summed E-state index contributed by atoms with van der Waals surface area (Å²) in [5.74, 6) is -1.28. The van der Waals surface area contributed by atoms with Gasteiger partial charge in [0, 0.05) is 18.5 Å². The molecular formula is C19H18F3NO4. The van der Waals surface area contributed by atoms with E-state index in [1.54, 1.807) is 24.3 Å². The molecule has 144 valence electrons. The Labute approximate surface area is 154 Å². The van der Waals surface area contributed by atoms with Gasteiger partial charge in [0.1, 0.15) is 5.75 Å². The lowest BCUT2D eigenvalue weighted by Crippen LogP contribution is -2.64. The Bertz CT molecular complexity index is 872. The smallest absolute Gasteiger partial charge is 0.421 e. The van der Waals surface area contributed by atoms with E-state index in [2.05, 4.69) is 4.74 Å². The number of carbonyl (C=O) groups is 2. The van der Waals surface area contributed by atoms with Gasteiger partial charge in [-0.3, -0.25) is 9.69 Å². The van der Waals surface area contributed by atoms with Gasteiger partial charge in [-0.1, -0.05) is 12.1 Å². The number of hydrogen-bond acceptors (Lipinski definition) is 5. The van der Waals surface area contributed by atoms with E-state index in [1.165, 1.54) is 14.2 Å². The minimum absolute atomic E-state index is 0.0644. The first-order valence-corrected chi connectivity index (χ1v) is 8.15. The molecule has 1 aromatic carbocycles. The maximum atomic E-state index is 13.7. The number of carbonyl (C=O) groups excluding carboxylic acids is 2. The Morgan fingerprint density at radius 1 is 1.19 bits per heavy atom. The molecule has 27 heavy (non-hydrogen) atoms. The Morgan fingerprint density at radius 3 is 2.44 bits per heavy atom. The molecule has 0 saturated heterocycles. The third kappa shape index (κ3) is 2.75. The van der Waals surface area contributed by atoms with Crippen LogP contribution < -0.4 is 4.74 Å². The molecule has 0 amide bonds. The number of methoxy groups -OCH3 is 2. The summed E-state index contributed by atoms with van der Waals surface area (Å²) in [5.41, 5.74) is -1.21. The summed E-state index contributed by atoms with van der Waals surface area (Å²) >= 11 is 0. The van der Waals surface area contributed by atoms with E-state index in [1.807, 2.05) is 0 Å². The van der Waals surface area contributed by atoms with Crippen LogP contribution in [0.25, 0.3) is 0 Å². The third-order valence-electron chi connectivity index (χ3n) is 5.05. The zero-order chi connectivity index (χ0) is 20.0. The fraction of sp³-hybridized carbons (Fsp3) is 0.368. The standard InChI is InChI=1S/C19H18F3NO4/c1-23-10-14-11(9-18(23,17(25)27-3)19(20,21)22)8-13(14)16(24)12-6-4-5-7-15(12)26-2/h4-7,9H,8,10H2,1-3H3. The third-order valence-corrected chi connectivity index (χ3v) is 5.05. The van der Waals surface area contributed by atoms with E-state index in [9.17, 15) is 22.8 Å². The molecule has 0 N–H and O–H groups in total. The number of rotatable bonds is 4. The Kier molecular flexibility index (Phi) is 4.63. The van der Waals surface area contributed by atoms with Crippen molar-refractivity contribution in [2.24, 2.45) is 0 Å². The maximum Gasteiger partial charge on any atom is 0.421 e. The number of nitrogens with zero attached hydrogens (tertiary/aromatic N) is 1. The molecule has 0 spiro atoms. The minimum atomic E-state index is -4.85. The van der Waals surface area contributed by atoms with Crippen LogP contribution in [0.15, 0.2) is 47.1 Å². The van der Waals surface area contributed by atoms with Crippen molar-refractivity contribution >= 4 is 11.8 Å². The molecule has 1 aliphatic heterocycles. The molecule has 0 aromatic heterocycles. The molecule has 2 aliphatic rings. The zero-order valence-electron chi connectivity index (χ0n) is 15.0. The van der Waals surface area contributed by atoms with Gasteiger partial charge in [-0.2, -0.15) is 13.2 Å². The van der Waals surface area contributed by atoms with Gasteiger partial charge in [-0.05, 0) is 36.4 Å². The van der Waals surface area contributed by atoms with Gasteiger partial charge in [-0.25, -0.2) is 4.79 Å². The van der Waals surface area contributed by atoms with Gasteiger partial charge in [0.2, 0.25) is 5.54 Å². The maximum absolute atomic E-state index is 13.7. The summed E-state index contributed by atoms with van der Waals surface area (Å²) in [6.07, 6.45) is -3.92. The number of halogens is 3. The molecule has 0 saturated carbocycles. The van der Waals surface area contributed by atoms with Crippen molar-refractivity contribution in [2.45, 2.75) is 18.1 Å². The van der Waals surface area contributed by atoms with Crippen molar-refractivity contribution in [1.29, 1.82) is 0 Å². The first-order valence-electron chi connectivity index (χ1n) is 8.15. The van der Waals surface area contributed by atoms with Crippen LogP contribution in [0.4, 0.5) is 13.2 Å². The lowest BCUT2D eigenvalue weighted by atomic mass is 9.73. The highest BCUT2D eigenvalue weighted by Gasteiger charge is 2.65. The zero-order valence-corrected chi connectivity index (χ0v) is 15.0. The number of benzene rings is 1. The second-order valence-corrected chi connectivity index (χ2v) is 6.44. The van der Waals surface area contributed by atoms with Gasteiger partial charge < -0.3 is 9.47 Å². The largest absolute Gasteiger partial charge is 0.496 e. The fourth-order valence-electron chi connectivity index (χ4n) is 3.55. The van der Waals surface area contributed by atoms with Crippen LogP contribution in [0.3, 0.4) is 0 Å². The highest BCUT2D eigenvalue weighted by atomic mass is 19.4. The van der Waals surface area contributed by atoms with E-state index in [0.29, 0.717) is 28.0 Å². The molecule has 1 aliphatic carbocycles. The van der Waals surface area contributed by atoms with Crippen molar-refractivity contribution in [3.63, 3.8) is 0 Å². The second kappa shape index (κ2) is 6.53. The molecule has 8 heteroatoms. The van der Waals surface area contributed by atoms with E-state index < -0.39 is 17.7 Å². The van der Waals surface area contributed by atoms with Crippen LogP contribution in [0.5, 0.6) is 5.75 Å². The normalized spacial score (nSPS) is 22.5. The molecule has 0 fully saturated rings. The monoisotopic (exact) mass is 381 g/mol. The van der Waals surface area contributed by atoms with Crippen LogP contribution in [0.1, 0.15) is 16.8 Å². The lowest BCUT2D eigenvalue weighted by Gasteiger charge is -2.45. The number of alkyl halides is 3. The van der Waals surface area contributed by atoms with E-state index in [0.717, 1.165) is 18.1 Å². The molecule has 1 aromatic rings. The van der Waals surface area contributed by atoms with Gasteiger partial charge in [0.25, 0.3) is 0 Å². The van der Waals surface area contributed by atoms with Crippen LogP contribution in [0, 0.1) is 0 Å². The predicted molar refractivity (Wildman–Crippen MR) is 90.5 cm³/mol. The summed E-state index contributed by atoms with van der Waals surface area (Å²) in [7, 11) is 3.55. The minimum Gasteiger partial charge on any atom is -0.496 e. The van der Waals surface area contributed by atoms with E-state index in [4.69, 9.17) is 4.74 Å². The number of esters is 1. The average Bonchev–Trinajstić information content (AvgIpc) is 2.62. The Morgan fingerprint density at radius 2 is 1.85 bits per heavy atom. The van der Waals surface area contributed by atoms with Gasteiger partial charge in [-0.15, -0.1) is 0 Å². The lowest BCUT2D eigenvalue weighted by molar-refractivity contribution is -0.223. The average molecular weight is 381 g/mol. The second-order valence-electron chi connectivity index (χ2n) is 6.44. The molecule has 3 rings (SSSR count). The molecular weight excluding hydrogens is 363 g/mol. The first kappa shape index (κ1) is 19.2. The number of ketones is 1. The van der Waals surface area contributed by atoms with Crippen molar-refractivity contribution in [2.75, 3.05) is 27.8 Å². The number of likely N-dealkylation sites (N-methyl/N-ethyl adjacent to an activating group) is 1. The topological polar surface area (TPSA) is 55.8 Å². The fourth-order valence-corrected chi connectivity index (χ4v) is 3.55. The molecule has 0 radical (unpaired) electrons. The number of fused-ring (bicyclic) bond motifs is 1. The van der Waals surface area contributed by atoms with Crippen LogP contribution in [0.2, 0.25) is 0 Å². The molecule has 1 heterocycles. The number of hydrogen-bond donors (Lipinski definition) is 0. The Hall–Kier alpha value is -2.61. The SMILES string of the molecule is COC(=O)C1(C(F)(F)F)C=C2CC(C(=O)c3ccccc3OC)=C2CN1C. The van der Waals surface area contributed by atoms with Gasteiger partial charge in [0.15, 0.2) is 5.78 Å². The predicted octanol–water partition coefficient (Wildman–Crippen LogP) is 2.92. The van der Waals surface area contributed by atoms with Crippen LogP contribution >= 0.6 is 0 Å². The highest BCUT2D eigenvalue weighted by Crippen LogP contribution is 2.48. The number of ether oxygens (including phenoxy) is 2. The molecule has 1 unspecified atom stereocenters. The van der Waals surface area contributed by atoms with E-state index >= 15 is 0 Å². The molecule has 0 bridgehead atoms. The number of para-hydroxylation sites is 1. The summed E-state index contributed by atoms with van der Waals surface area (Å²) < 4.78 is 50.8. The summed E-state index contributed by atoms with van der Waals surface area (Å²) in [6.45, 7) is -0.184. The molecule has 5 nitrogen and oxygen atoms in total. The van der Waals surface area contributed by atoms with Gasteiger partial charge >= 0.3 is 12.1 Å². The van der Waals surface area contributed by atoms with Crippen molar-refractivity contribution in [3.05, 3.63) is 52.6 Å². The van der Waals surface area contributed by atoms with Crippen LogP contribution in [-0.4, -0.2) is 56.2 Å². The number of Topliss-reactive ketones (excluding diaryl/α,β-unsaturated/α-hetero) is 1. The van der Waals surface area contributed by atoms with E-state index in [-0.39, 0.29) is 18.7 Å². The quantitative estimate of drug-likeness (QED) is 0.593.